The highest BCUT2D eigenvalue weighted by Gasteiger charge is 2.27. The number of aromatic nitrogens is 1. The van der Waals surface area contributed by atoms with E-state index in [0.717, 1.165) is 5.56 Å². The van der Waals surface area contributed by atoms with Gasteiger partial charge in [0, 0.05) is 18.8 Å². The van der Waals surface area contributed by atoms with Gasteiger partial charge in [-0.25, -0.2) is 9.37 Å². The molecule has 1 aliphatic heterocycles. The number of carbonyl (C=O) groups is 2. The fraction of sp³-hybridized carbons (Fsp3) is 0.312. The fourth-order valence-corrected chi connectivity index (χ4v) is 3.19. The van der Waals surface area contributed by atoms with Gasteiger partial charge in [-0.2, -0.15) is 0 Å². The highest BCUT2D eigenvalue weighted by molar-refractivity contribution is 7.14. The zero-order valence-electron chi connectivity index (χ0n) is 13.0. The normalized spacial score (nSPS) is 17.6. The zero-order valence-corrected chi connectivity index (χ0v) is 13.8. The van der Waals surface area contributed by atoms with Crippen LogP contribution in [0.3, 0.4) is 0 Å². The first kappa shape index (κ1) is 16.5. The van der Waals surface area contributed by atoms with E-state index in [-0.39, 0.29) is 23.7 Å². The second-order valence-electron chi connectivity index (χ2n) is 5.38. The smallest absolute Gasteiger partial charge is 0.273 e. The van der Waals surface area contributed by atoms with Crippen LogP contribution in [-0.4, -0.2) is 41.4 Å². The minimum absolute atomic E-state index is 0.210. The average molecular weight is 349 g/mol. The van der Waals surface area contributed by atoms with Gasteiger partial charge < -0.3 is 15.0 Å². The molecule has 2 amide bonds. The maximum Gasteiger partial charge on any atom is 0.273 e. The Bertz CT molecular complexity index is 747. The molecule has 1 N–H and O–H groups in total. The van der Waals surface area contributed by atoms with Crippen molar-refractivity contribution in [2.45, 2.75) is 13.0 Å². The molecule has 0 saturated carbocycles. The van der Waals surface area contributed by atoms with E-state index in [1.807, 2.05) is 0 Å². The molecule has 1 aromatic heterocycles. The van der Waals surface area contributed by atoms with Crippen molar-refractivity contribution in [1.29, 1.82) is 0 Å². The number of amides is 2. The van der Waals surface area contributed by atoms with Crippen LogP contribution in [0, 0.1) is 5.82 Å². The largest absolute Gasteiger partial charge is 0.370 e. The molecule has 8 heteroatoms. The van der Waals surface area contributed by atoms with E-state index < -0.39 is 0 Å². The molecule has 3 rings (SSSR count). The third kappa shape index (κ3) is 3.77. The number of carbonyl (C=O) groups excluding carboxylic acids is 2. The van der Waals surface area contributed by atoms with Crippen molar-refractivity contribution in [3.05, 3.63) is 46.7 Å². The van der Waals surface area contributed by atoms with Gasteiger partial charge in [0.25, 0.3) is 5.91 Å². The Kier molecular flexibility index (Phi) is 4.86. The monoisotopic (exact) mass is 349 g/mol. The van der Waals surface area contributed by atoms with E-state index in [4.69, 9.17) is 4.74 Å². The molecule has 1 saturated heterocycles. The third-order valence-corrected chi connectivity index (χ3v) is 4.36. The molecule has 1 aromatic carbocycles. The van der Waals surface area contributed by atoms with E-state index in [9.17, 15) is 14.0 Å². The van der Waals surface area contributed by atoms with Crippen LogP contribution in [-0.2, 0) is 9.53 Å². The van der Waals surface area contributed by atoms with Crippen molar-refractivity contribution < 1.29 is 18.7 Å². The van der Waals surface area contributed by atoms with Crippen LogP contribution in [0.1, 0.15) is 29.1 Å². The SMILES string of the molecule is CC(=O)Nc1nc(C(=O)N2CCOC(c3ccc(F)cc3)C2)cs1. The summed E-state index contributed by atoms with van der Waals surface area (Å²) < 4.78 is 18.7. The number of thiazole rings is 1. The molecule has 2 heterocycles. The Morgan fingerprint density at radius 3 is 2.83 bits per heavy atom. The van der Waals surface area contributed by atoms with Crippen molar-refractivity contribution in [3.8, 4) is 0 Å². The molecule has 1 fully saturated rings. The van der Waals surface area contributed by atoms with Crippen LogP contribution in [0.15, 0.2) is 29.6 Å². The van der Waals surface area contributed by atoms with Crippen LogP contribution in [0.4, 0.5) is 9.52 Å². The van der Waals surface area contributed by atoms with Gasteiger partial charge in [-0.3, -0.25) is 9.59 Å². The number of nitrogens with one attached hydrogen (secondary N) is 1. The second-order valence-corrected chi connectivity index (χ2v) is 6.24. The predicted octanol–water partition coefficient (Wildman–Crippen LogP) is 2.45. The van der Waals surface area contributed by atoms with Gasteiger partial charge in [0.15, 0.2) is 5.13 Å². The maximum atomic E-state index is 13.0. The van der Waals surface area contributed by atoms with Gasteiger partial charge >= 0.3 is 0 Å². The topological polar surface area (TPSA) is 71.5 Å². The van der Waals surface area contributed by atoms with E-state index in [0.29, 0.717) is 30.5 Å². The molecule has 0 bridgehead atoms. The summed E-state index contributed by atoms with van der Waals surface area (Å²) in [7, 11) is 0. The molecule has 1 unspecified atom stereocenters. The standard InChI is InChI=1S/C16H16FN3O3S/c1-10(21)18-16-19-13(9-24-16)15(22)20-6-7-23-14(8-20)11-2-4-12(17)5-3-11/h2-5,9,14H,6-8H2,1H3,(H,18,19,21). The lowest BCUT2D eigenvalue weighted by Crippen LogP contribution is -2.42. The lowest BCUT2D eigenvalue weighted by molar-refractivity contribution is -0.114. The molecular weight excluding hydrogens is 333 g/mol. The molecule has 1 aliphatic rings. The minimum Gasteiger partial charge on any atom is -0.370 e. The average Bonchev–Trinajstić information content (AvgIpc) is 3.02. The van der Waals surface area contributed by atoms with Crippen molar-refractivity contribution in [2.75, 3.05) is 25.0 Å². The first-order chi connectivity index (χ1) is 11.5. The molecule has 2 aromatic rings. The van der Waals surface area contributed by atoms with Gasteiger partial charge in [-0.1, -0.05) is 12.1 Å². The van der Waals surface area contributed by atoms with Crippen LogP contribution < -0.4 is 5.32 Å². The number of anilines is 1. The summed E-state index contributed by atoms with van der Waals surface area (Å²) in [6.07, 6.45) is -0.295. The summed E-state index contributed by atoms with van der Waals surface area (Å²) in [6, 6.07) is 6.07. The summed E-state index contributed by atoms with van der Waals surface area (Å²) >= 11 is 1.21. The van der Waals surface area contributed by atoms with Gasteiger partial charge in [0.05, 0.1) is 13.2 Å². The Labute approximate surface area is 142 Å². The number of nitrogens with zero attached hydrogens (tertiary/aromatic N) is 2. The summed E-state index contributed by atoms with van der Waals surface area (Å²) in [6.45, 7) is 2.62. The molecule has 24 heavy (non-hydrogen) atoms. The number of benzene rings is 1. The lowest BCUT2D eigenvalue weighted by Gasteiger charge is -2.32. The number of morpholine rings is 1. The van der Waals surface area contributed by atoms with Crippen molar-refractivity contribution in [1.82, 2.24) is 9.88 Å². The highest BCUT2D eigenvalue weighted by atomic mass is 32.1. The number of hydrogen-bond donors (Lipinski definition) is 1. The maximum absolute atomic E-state index is 13.0. The van der Waals surface area contributed by atoms with Crippen LogP contribution >= 0.6 is 11.3 Å². The van der Waals surface area contributed by atoms with Crippen molar-refractivity contribution >= 4 is 28.3 Å². The number of ether oxygens (including phenoxy) is 1. The Hall–Kier alpha value is -2.32. The molecule has 1 atom stereocenters. The number of rotatable bonds is 3. The lowest BCUT2D eigenvalue weighted by atomic mass is 10.1. The fourth-order valence-electron chi connectivity index (χ4n) is 2.45. The van der Waals surface area contributed by atoms with Crippen molar-refractivity contribution in [2.24, 2.45) is 0 Å². The van der Waals surface area contributed by atoms with E-state index >= 15 is 0 Å². The van der Waals surface area contributed by atoms with Gasteiger partial charge in [0.1, 0.15) is 17.6 Å². The third-order valence-electron chi connectivity index (χ3n) is 3.60. The Morgan fingerprint density at radius 1 is 1.38 bits per heavy atom. The minimum atomic E-state index is -0.310. The predicted molar refractivity (Wildman–Crippen MR) is 87.4 cm³/mol. The molecule has 126 valence electrons. The van der Waals surface area contributed by atoms with Crippen LogP contribution in [0.5, 0.6) is 0 Å². The second kappa shape index (κ2) is 7.06. The quantitative estimate of drug-likeness (QED) is 0.924. The van der Waals surface area contributed by atoms with E-state index in [1.165, 1.54) is 30.4 Å². The Morgan fingerprint density at radius 2 is 2.12 bits per heavy atom. The summed E-state index contributed by atoms with van der Waals surface area (Å²) in [4.78, 5) is 29.4. The first-order valence-corrected chi connectivity index (χ1v) is 8.30. The molecule has 6 nitrogen and oxygen atoms in total. The molecule has 0 radical (unpaired) electrons. The Balaban J connectivity index is 1.69. The van der Waals surface area contributed by atoms with Gasteiger partial charge in [-0.15, -0.1) is 11.3 Å². The van der Waals surface area contributed by atoms with Gasteiger partial charge in [0.2, 0.25) is 5.91 Å². The van der Waals surface area contributed by atoms with Crippen LogP contribution in [0.25, 0.3) is 0 Å². The molecule has 0 spiro atoms. The van der Waals surface area contributed by atoms with Gasteiger partial charge in [-0.05, 0) is 17.7 Å². The summed E-state index contributed by atoms with van der Waals surface area (Å²) in [5.74, 6) is -0.750. The number of hydrogen-bond acceptors (Lipinski definition) is 5. The summed E-state index contributed by atoms with van der Waals surface area (Å²) in [5, 5.41) is 4.58. The number of halogens is 1. The molecule has 0 aliphatic carbocycles. The highest BCUT2D eigenvalue weighted by Crippen LogP contribution is 2.24. The first-order valence-electron chi connectivity index (χ1n) is 7.42. The van der Waals surface area contributed by atoms with E-state index in [1.54, 1.807) is 22.4 Å². The molecular formula is C16H16FN3O3S. The van der Waals surface area contributed by atoms with Crippen LogP contribution in [0.2, 0.25) is 0 Å². The van der Waals surface area contributed by atoms with E-state index in [2.05, 4.69) is 10.3 Å². The zero-order chi connectivity index (χ0) is 17.1. The summed E-state index contributed by atoms with van der Waals surface area (Å²) in [5.41, 5.74) is 1.12. The van der Waals surface area contributed by atoms with Crippen molar-refractivity contribution in [3.63, 3.8) is 0 Å².